The van der Waals surface area contributed by atoms with Crippen LogP contribution in [-0.2, 0) is 12.1 Å². The summed E-state index contributed by atoms with van der Waals surface area (Å²) in [6.07, 6.45) is 8.73. The van der Waals surface area contributed by atoms with Gasteiger partial charge in [-0.3, -0.25) is 4.90 Å². The molecule has 3 aliphatic rings. The van der Waals surface area contributed by atoms with Gasteiger partial charge in [0.15, 0.2) is 0 Å². The van der Waals surface area contributed by atoms with Crippen LogP contribution in [-0.4, -0.2) is 77.7 Å². The number of rotatable bonds is 5. The van der Waals surface area contributed by atoms with E-state index < -0.39 is 5.60 Å². The lowest BCUT2D eigenvalue weighted by atomic mass is 9.86. The van der Waals surface area contributed by atoms with Crippen molar-refractivity contribution in [3.8, 4) is 0 Å². The average Bonchev–Trinajstić information content (AvgIpc) is 3.16. The lowest BCUT2D eigenvalue weighted by Gasteiger charge is -2.39. The second-order valence-corrected chi connectivity index (χ2v) is 9.98. The van der Waals surface area contributed by atoms with Crippen molar-refractivity contribution >= 4 is 11.3 Å². The number of hydrogen-bond donors (Lipinski definition) is 1. The number of thiazole rings is 1. The number of likely N-dealkylation sites (tertiary alicyclic amines) is 1. The van der Waals surface area contributed by atoms with Crippen LogP contribution in [0.15, 0.2) is 5.38 Å². The molecule has 1 aromatic rings. The second-order valence-electron chi connectivity index (χ2n) is 9.04. The molecule has 152 valence electrons. The van der Waals surface area contributed by atoms with Gasteiger partial charge in [0.1, 0.15) is 10.6 Å². The number of piperazine rings is 1. The highest BCUT2D eigenvalue weighted by Crippen LogP contribution is 2.35. The number of nitrogens with zero attached hydrogens (tertiary/aromatic N) is 4. The van der Waals surface area contributed by atoms with Gasteiger partial charge in [-0.1, -0.05) is 19.3 Å². The molecule has 2 aliphatic heterocycles. The Morgan fingerprint density at radius 2 is 1.74 bits per heavy atom. The molecule has 5 nitrogen and oxygen atoms in total. The summed E-state index contributed by atoms with van der Waals surface area (Å²) in [6.45, 7) is 8.70. The monoisotopic (exact) mass is 392 g/mol. The third-order valence-corrected chi connectivity index (χ3v) is 7.74. The van der Waals surface area contributed by atoms with Crippen LogP contribution in [0.25, 0.3) is 0 Å². The number of piperidine rings is 1. The van der Waals surface area contributed by atoms with Crippen molar-refractivity contribution in [3.05, 3.63) is 16.1 Å². The molecule has 1 N–H and O–H groups in total. The van der Waals surface area contributed by atoms with E-state index in [1.54, 1.807) is 11.3 Å². The first-order valence-electron chi connectivity index (χ1n) is 10.9. The maximum Gasteiger partial charge on any atom is 0.110 e. The minimum absolute atomic E-state index is 0.708. The highest BCUT2D eigenvalue weighted by atomic mass is 32.1. The van der Waals surface area contributed by atoms with Crippen molar-refractivity contribution in [2.45, 2.75) is 57.1 Å². The lowest BCUT2D eigenvalue weighted by molar-refractivity contribution is -0.0327. The number of aromatic nitrogens is 1. The molecule has 1 aliphatic carbocycles. The Balaban J connectivity index is 1.28. The summed E-state index contributed by atoms with van der Waals surface area (Å²) >= 11 is 1.73. The quantitative estimate of drug-likeness (QED) is 0.835. The molecular formula is C21H36N4OS. The van der Waals surface area contributed by atoms with Crippen molar-refractivity contribution in [1.82, 2.24) is 19.7 Å². The highest BCUT2D eigenvalue weighted by Gasteiger charge is 2.36. The van der Waals surface area contributed by atoms with Crippen LogP contribution in [0.2, 0.25) is 0 Å². The first-order valence-corrected chi connectivity index (χ1v) is 11.8. The molecule has 1 saturated carbocycles. The molecule has 0 aromatic carbocycles. The van der Waals surface area contributed by atoms with E-state index in [9.17, 15) is 5.11 Å². The molecule has 0 unspecified atom stereocenters. The summed E-state index contributed by atoms with van der Waals surface area (Å²) in [5.74, 6) is 0.888. The smallest absolute Gasteiger partial charge is 0.110 e. The zero-order chi connectivity index (χ0) is 18.7. The van der Waals surface area contributed by atoms with E-state index in [1.807, 2.05) is 0 Å². The van der Waals surface area contributed by atoms with Gasteiger partial charge in [-0.05, 0) is 38.6 Å². The predicted molar refractivity (Wildman–Crippen MR) is 111 cm³/mol. The van der Waals surface area contributed by atoms with E-state index in [2.05, 4.69) is 27.1 Å². The number of hydrogen-bond acceptors (Lipinski definition) is 6. The fourth-order valence-electron chi connectivity index (χ4n) is 4.89. The zero-order valence-corrected chi connectivity index (χ0v) is 17.7. The third kappa shape index (κ3) is 5.10. The van der Waals surface area contributed by atoms with Crippen LogP contribution in [0.4, 0.5) is 0 Å². The molecular weight excluding hydrogens is 356 g/mol. The van der Waals surface area contributed by atoms with Crippen LogP contribution < -0.4 is 0 Å². The summed E-state index contributed by atoms with van der Waals surface area (Å²) in [5.41, 5.74) is 0.217. The fourth-order valence-corrected chi connectivity index (χ4v) is 5.82. The maximum absolute atomic E-state index is 11.2. The number of likely N-dealkylation sites (N-methyl/N-ethyl adjacent to an activating group) is 1. The highest BCUT2D eigenvalue weighted by molar-refractivity contribution is 7.09. The summed E-state index contributed by atoms with van der Waals surface area (Å²) in [5, 5.41) is 14.5. The van der Waals surface area contributed by atoms with Crippen molar-refractivity contribution in [1.29, 1.82) is 0 Å². The van der Waals surface area contributed by atoms with Crippen LogP contribution in [0.3, 0.4) is 0 Å². The van der Waals surface area contributed by atoms with E-state index in [0.717, 1.165) is 75.3 Å². The number of aliphatic hydroxyl groups is 1. The van der Waals surface area contributed by atoms with Gasteiger partial charge >= 0.3 is 0 Å². The average molecular weight is 393 g/mol. The van der Waals surface area contributed by atoms with Crippen LogP contribution in [0.1, 0.15) is 55.6 Å². The van der Waals surface area contributed by atoms with E-state index in [4.69, 9.17) is 4.98 Å². The molecule has 6 heteroatoms. The third-order valence-electron chi connectivity index (χ3n) is 6.91. The molecule has 0 radical (unpaired) electrons. The molecule has 2 saturated heterocycles. The molecule has 0 bridgehead atoms. The summed E-state index contributed by atoms with van der Waals surface area (Å²) in [7, 11) is 2.19. The Bertz CT molecular complexity index is 585. The van der Waals surface area contributed by atoms with E-state index >= 15 is 0 Å². The zero-order valence-electron chi connectivity index (χ0n) is 16.9. The Morgan fingerprint density at radius 3 is 2.44 bits per heavy atom. The molecule has 0 amide bonds. The van der Waals surface area contributed by atoms with Crippen molar-refractivity contribution in [2.75, 3.05) is 52.9 Å². The van der Waals surface area contributed by atoms with Gasteiger partial charge in [-0.15, -0.1) is 11.3 Å². The van der Waals surface area contributed by atoms with E-state index in [1.165, 1.54) is 38.6 Å². The Morgan fingerprint density at radius 1 is 1.04 bits per heavy atom. The van der Waals surface area contributed by atoms with E-state index in [-0.39, 0.29) is 0 Å². The molecule has 0 atom stereocenters. The molecule has 3 heterocycles. The van der Waals surface area contributed by atoms with Gasteiger partial charge in [0, 0.05) is 51.2 Å². The Kier molecular flexibility index (Phi) is 6.49. The summed E-state index contributed by atoms with van der Waals surface area (Å²) in [6, 6.07) is 0. The van der Waals surface area contributed by atoms with Crippen molar-refractivity contribution < 1.29 is 5.11 Å². The first-order chi connectivity index (χ1) is 13.1. The van der Waals surface area contributed by atoms with Gasteiger partial charge in [0.2, 0.25) is 0 Å². The topological polar surface area (TPSA) is 42.8 Å². The summed E-state index contributed by atoms with van der Waals surface area (Å²) < 4.78 is 0. The minimum Gasteiger partial charge on any atom is -0.383 e. The van der Waals surface area contributed by atoms with Gasteiger partial charge < -0.3 is 14.9 Å². The van der Waals surface area contributed by atoms with Gasteiger partial charge in [-0.25, -0.2) is 4.98 Å². The largest absolute Gasteiger partial charge is 0.383 e. The molecule has 1 aromatic heterocycles. The summed E-state index contributed by atoms with van der Waals surface area (Å²) in [4.78, 5) is 12.3. The first kappa shape index (κ1) is 19.8. The normalized spacial score (nSPS) is 26.4. The van der Waals surface area contributed by atoms with Gasteiger partial charge in [0.05, 0.1) is 12.2 Å². The molecule has 27 heavy (non-hydrogen) atoms. The van der Waals surface area contributed by atoms with Crippen LogP contribution in [0.5, 0.6) is 0 Å². The SMILES string of the molecule is CN1CCN(Cc2nc(C3(O)CCN(CC4CCCCC4)CC3)cs2)CC1. The van der Waals surface area contributed by atoms with Crippen LogP contribution in [0, 0.1) is 5.92 Å². The maximum atomic E-state index is 11.2. The fraction of sp³-hybridized carbons (Fsp3) is 0.857. The predicted octanol–water partition coefficient (Wildman–Crippen LogP) is 2.75. The Hall–Kier alpha value is -0.530. The van der Waals surface area contributed by atoms with Crippen LogP contribution >= 0.6 is 11.3 Å². The molecule has 0 spiro atoms. The standard InChI is InChI=1S/C21H36N4OS/c1-23-11-13-25(14-12-23)16-20-22-19(17-27-20)21(26)7-9-24(10-8-21)15-18-5-3-2-4-6-18/h17-18,26H,2-16H2,1H3. The van der Waals surface area contributed by atoms with Gasteiger partial charge in [0.25, 0.3) is 0 Å². The van der Waals surface area contributed by atoms with Gasteiger partial charge in [-0.2, -0.15) is 0 Å². The molecule has 4 rings (SSSR count). The van der Waals surface area contributed by atoms with E-state index in [0.29, 0.717) is 0 Å². The Labute approximate surface area is 168 Å². The molecule has 3 fully saturated rings. The minimum atomic E-state index is -0.708. The lowest BCUT2D eigenvalue weighted by Crippen LogP contribution is -2.44. The van der Waals surface area contributed by atoms with Crippen molar-refractivity contribution in [3.63, 3.8) is 0 Å². The second kappa shape index (κ2) is 8.87. The van der Waals surface area contributed by atoms with Crippen molar-refractivity contribution in [2.24, 2.45) is 5.92 Å².